The number of nitrogens with one attached hydrogen (secondary N) is 2. The molecule has 0 radical (unpaired) electrons. The van der Waals surface area contributed by atoms with Gasteiger partial charge in [0.2, 0.25) is 0 Å². The summed E-state index contributed by atoms with van der Waals surface area (Å²) in [6.45, 7) is 0.845. The number of rotatable bonds is 7. The Kier molecular flexibility index (Phi) is 6.73. The number of benzene rings is 2. The summed E-state index contributed by atoms with van der Waals surface area (Å²) < 4.78 is 11.3. The molecule has 0 bridgehead atoms. The first-order valence-corrected chi connectivity index (χ1v) is 10.3. The van der Waals surface area contributed by atoms with Gasteiger partial charge in [0.05, 0.1) is 25.6 Å². The van der Waals surface area contributed by atoms with Crippen LogP contribution in [-0.4, -0.2) is 63.3 Å². The summed E-state index contributed by atoms with van der Waals surface area (Å²) in [4.78, 5) is 29.4. The summed E-state index contributed by atoms with van der Waals surface area (Å²) >= 11 is 3.38. The zero-order valence-corrected chi connectivity index (χ0v) is 19.3. The maximum atomic E-state index is 13.3. The second-order valence-corrected chi connectivity index (χ2v) is 8.14. The first-order valence-electron chi connectivity index (χ1n) is 9.51. The average Bonchev–Trinajstić information content (AvgIpc) is 2.74. The molecule has 0 saturated heterocycles. The molecular formula is C21H25BrN4O5. The SMILES string of the molecule is COc1ccc(N2C(=O)Nc3ccc(Br)cc3[C@]2(O)C(=O)NCCN(C)C)c(OC)c1. The Hall–Kier alpha value is -2.82. The number of carbonyl (C=O) groups is 2. The average molecular weight is 493 g/mol. The Balaban J connectivity index is 2.16. The number of amides is 3. The number of aliphatic hydroxyl groups is 1. The highest BCUT2D eigenvalue weighted by atomic mass is 79.9. The molecule has 166 valence electrons. The van der Waals surface area contributed by atoms with E-state index in [2.05, 4.69) is 26.6 Å². The first kappa shape index (κ1) is 22.9. The molecule has 0 spiro atoms. The van der Waals surface area contributed by atoms with Gasteiger partial charge in [0.25, 0.3) is 11.6 Å². The molecule has 1 aliphatic rings. The number of nitrogens with zero attached hydrogens (tertiary/aromatic N) is 2. The molecule has 0 unspecified atom stereocenters. The van der Waals surface area contributed by atoms with Gasteiger partial charge in [-0.05, 0) is 44.4 Å². The molecule has 2 aromatic rings. The third-order valence-corrected chi connectivity index (χ3v) is 5.41. The minimum Gasteiger partial charge on any atom is -0.497 e. The number of likely N-dealkylation sites (N-methyl/N-ethyl adjacent to an activating group) is 1. The molecule has 1 heterocycles. The minimum absolute atomic E-state index is 0.205. The summed E-state index contributed by atoms with van der Waals surface area (Å²) in [5.74, 6) is 0.0222. The van der Waals surface area contributed by atoms with Gasteiger partial charge in [-0.3, -0.25) is 4.79 Å². The third kappa shape index (κ3) is 4.32. The molecule has 0 fully saturated rings. The van der Waals surface area contributed by atoms with Crippen molar-refractivity contribution in [3.05, 3.63) is 46.4 Å². The molecule has 0 aromatic heterocycles. The van der Waals surface area contributed by atoms with Crippen LogP contribution in [-0.2, 0) is 10.5 Å². The number of ether oxygens (including phenoxy) is 2. The Morgan fingerprint density at radius 3 is 2.61 bits per heavy atom. The van der Waals surface area contributed by atoms with Gasteiger partial charge >= 0.3 is 6.03 Å². The van der Waals surface area contributed by atoms with Gasteiger partial charge in [0, 0.05) is 29.2 Å². The van der Waals surface area contributed by atoms with Crippen LogP contribution in [0.5, 0.6) is 11.5 Å². The summed E-state index contributed by atoms with van der Waals surface area (Å²) in [6.07, 6.45) is 0. The van der Waals surface area contributed by atoms with Gasteiger partial charge < -0.3 is 30.1 Å². The van der Waals surface area contributed by atoms with E-state index in [0.29, 0.717) is 22.5 Å². The van der Waals surface area contributed by atoms with Crippen LogP contribution in [0.1, 0.15) is 5.56 Å². The van der Waals surface area contributed by atoms with Crippen molar-refractivity contribution in [3.8, 4) is 11.5 Å². The van der Waals surface area contributed by atoms with Crippen molar-refractivity contribution < 1.29 is 24.2 Å². The summed E-state index contributed by atoms with van der Waals surface area (Å²) in [7, 11) is 6.68. The summed E-state index contributed by atoms with van der Waals surface area (Å²) in [5.41, 5.74) is -1.56. The number of fused-ring (bicyclic) bond motifs is 1. The lowest BCUT2D eigenvalue weighted by molar-refractivity contribution is -0.140. The first-order chi connectivity index (χ1) is 14.7. The van der Waals surface area contributed by atoms with E-state index in [1.165, 1.54) is 14.2 Å². The van der Waals surface area contributed by atoms with Crippen LogP contribution in [0.15, 0.2) is 40.9 Å². The Morgan fingerprint density at radius 2 is 1.97 bits per heavy atom. The standard InChI is InChI=1S/C21H25BrN4O5/c1-25(2)10-9-23-19(27)21(29)15-11-13(22)5-7-16(15)24-20(28)26(21)17-8-6-14(30-3)12-18(17)31-4/h5-8,11-12,29H,9-10H2,1-4H3,(H,23,27)(H,24,28)/t21-/m0/s1. The lowest BCUT2D eigenvalue weighted by Crippen LogP contribution is -2.63. The van der Waals surface area contributed by atoms with Crippen molar-refractivity contribution in [2.24, 2.45) is 0 Å². The van der Waals surface area contributed by atoms with Gasteiger partial charge in [-0.2, -0.15) is 0 Å². The van der Waals surface area contributed by atoms with Crippen molar-refractivity contribution in [1.82, 2.24) is 10.2 Å². The van der Waals surface area contributed by atoms with Crippen molar-refractivity contribution in [1.29, 1.82) is 0 Å². The van der Waals surface area contributed by atoms with E-state index in [9.17, 15) is 14.7 Å². The van der Waals surface area contributed by atoms with E-state index in [1.807, 2.05) is 19.0 Å². The normalized spacial score (nSPS) is 17.8. The van der Waals surface area contributed by atoms with Crippen molar-refractivity contribution in [2.75, 3.05) is 51.6 Å². The van der Waals surface area contributed by atoms with E-state index in [0.717, 1.165) is 4.90 Å². The molecule has 1 aliphatic heterocycles. The maximum Gasteiger partial charge on any atom is 0.329 e. The largest absolute Gasteiger partial charge is 0.497 e. The summed E-state index contributed by atoms with van der Waals surface area (Å²) in [6, 6.07) is 9.01. The number of urea groups is 1. The summed E-state index contributed by atoms with van der Waals surface area (Å²) in [5, 5.41) is 17.3. The van der Waals surface area contributed by atoms with Gasteiger partial charge in [0.1, 0.15) is 11.5 Å². The zero-order valence-electron chi connectivity index (χ0n) is 17.7. The van der Waals surface area contributed by atoms with Gasteiger partial charge in [-0.1, -0.05) is 15.9 Å². The number of hydrogen-bond acceptors (Lipinski definition) is 6. The highest BCUT2D eigenvalue weighted by Crippen LogP contribution is 2.44. The number of hydrogen-bond donors (Lipinski definition) is 3. The Labute approximate surface area is 189 Å². The van der Waals surface area contributed by atoms with E-state index in [4.69, 9.17) is 9.47 Å². The topological polar surface area (TPSA) is 103 Å². The third-order valence-electron chi connectivity index (χ3n) is 4.91. The fraction of sp³-hybridized carbons (Fsp3) is 0.333. The van der Waals surface area contributed by atoms with Gasteiger partial charge in [-0.15, -0.1) is 0 Å². The molecule has 31 heavy (non-hydrogen) atoms. The number of anilines is 2. The number of carbonyl (C=O) groups excluding carboxylic acids is 2. The zero-order chi connectivity index (χ0) is 22.8. The molecule has 3 amide bonds. The minimum atomic E-state index is -2.32. The van der Waals surface area contributed by atoms with Crippen LogP contribution in [0.2, 0.25) is 0 Å². The Bertz CT molecular complexity index is 1000. The van der Waals surface area contributed by atoms with Crippen LogP contribution < -0.4 is 25.0 Å². The molecule has 3 N–H and O–H groups in total. The lowest BCUT2D eigenvalue weighted by Gasteiger charge is -2.43. The molecular weight excluding hydrogens is 468 g/mol. The fourth-order valence-corrected chi connectivity index (χ4v) is 3.71. The van der Waals surface area contributed by atoms with Gasteiger partial charge in [-0.25, -0.2) is 9.69 Å². The molecule has 10 heteroatoms. The highest BCUT2D eigenvalue weighted by Gasteiger charge is 2.52. The van der Waals surface area contributed by atoms with Crippen LogP contribution in [0.25, 0.3) is 0 Å². The second-order valence-electron chi connectivity index (χ2n) is 7.22. The monoisotopic (exact) mass is 492 g/mol. The van der Waals surface area contributed by atoms with E-state index in [-0.39, 0.29) is 23.5 Å². The van der Waals surface area contributed by atoms with E-state index in [1.54, 1.807) is 36.4 Å². The lowest BCUT2D eigenvalue weighted by atomic mass is 9.94. The fourth-order valence-electron chi connectivity index (χ4n) is 3.35. The van der Waals surface area contributed by atoms with E-state index >= 15 is 0 Å². The van der Waals surface area contributed by atoms with Crippen LogP contribution in [0, 0.1) is 0 Å². The Morgan fingerprint density at radius 1 is 1.23 bits per heavy atom. The molecule has 3 rings (SSSR count). The number of methoxy groups -OCH3 is 2. The van der Waals surface area contributed by atoms with Crippen molar-refractivity contribution in [2.45, 2.75) is 5.72 Å². The van der Waals surface area contributed by atoms with E-state index < -0.39 is 17.7 Å². The van der Waals surface area contributed by atoms with Crippen LogP contribution in [0.4, 0.5) is 16.2 Å². The molecule has 0 aliphatic carbocycles. The highest BCUT2D eigenvalue weighted by molar-refractivity contribution is 9.10. The van der Waals surface area contributed by atoms with Crippen LogP contribution in [0.3, 0.4) is 0 Å². The predicted molar refractivity (Wildman–Crippen MR) is 121 cm³/mol. The van der Waals surface area contributed by atoms with Crippen molar-refractivity contribution >= 4 is 39.2 Å². The molecule has 1 atom stereocenters. The smallest absolute Gasteiger partial charge is 0.329 e. The molecule has 9 nitrogen and oxygen atoms in total. The predicted octanol–water partition coefficient (Wildman–Crippen LogP) is 2.34. The van der Waals surface area contributed by atoms with Crippen molar-refractivity contribution in [3.63, 3.8) is 0 Å². The van der Waals surface area contributed by atoms with Gasteiger partial charge in [0.15, 0.2) is 0 Å². The quantitative estimate of drug-likeness (QED) is 0.548. The molecule has 2 aromatic carbocycles. The molecule has 0 saturated carbocycles. The number of halogens is 1. The second kappa shape index (κ2) is 9.13. The maximum absolute atomic E-state index is 13.3. The van der Waals surface area contributed by atoms with Crippen LogP contribution >= 0.6 is 15.9 Å².